The smallest absolute Gasteiger partial charge is 0.200 e. The fourth-order valence-corrected chi connectivity index (χ4v) is 10.3. The fraction of sp³-hybridized carbons (Fsp3) is 0.806. The molecule has 0 aliphatic carbocycles. The third kappa shape index (κ3) is 10.2. The highest BCUT2D eigenvalue weighted by atomic mass is 31.2. The van der Waals surface area contributed by atoms with E-state index in [4.69, 9.17) is 0 Å². The lowest BCUT2D eigenvalue weighted by Gasteiger charge is -2.42. The third-order valence-electron chi connectivity index (χ3n) is 9.74. The highest BCUT2D eigenvalue weighted by molar-refractivity contribution is 7.82. The predicted octanol–water partition coefficient (Wildman–Crippen LogP) is 15.6. The maximum atomic E-state index is 14.8. The third-order valence-corrected chi connectivity index (χ3v) is 14.7. The standard InChI is InChI=1S/C31H23F35P/c32-16(33,19(38,39)22(44,45)23(46,47)24(48,49)25(50,51)28(56,57)31(64,65)66)9-4-12-67(15-7-2-1-3-8-15,13-5-10-17(34,35)20(40,41)26(52,53)29(58,59)60)14-6-11-18(36,37)21(42,43)27(54,55)30(61,62)63/h1-3,7-8H,4-6,9-14H2/q+1. The molecule has 0 amide bonds. The predicted molar refractivity (Wildman–Crippen MR) is 158 cm³/mol. The molecule has 0 fully saturated rings. The van der Waals surface area contributed by atoms with E-state index in [1.165, 1.54) is 0 Å². The van der Waals surface area contributed by atoms with Gasteiger partial charge in [-0.2, -0.15) is 154 Å². The van der Waals surface area contributed by atoms with Crippen molar-refractivity contribution in [3.05, 3.63) is 30.3 Å². The summed E-state index contributed by atoms with van der Waals surface area (Å²) in [4.78, 5) is 0. The van der Waals surface area contributed by atoms with Gasteiger partial charge in [-0.1, -0.05) is 18.2 Å². The highest BCUT2D eigenvalue weighted by Crippen LogP contribution is 2.66. The first-order valence-electron chi connectivity index (χ1n) is 17.0. The zero-order chi connectivity index (χ0) is 54.0. The largest absolute Gasteiger partial charge is 0.460 e. The van der Waals surface area contributed by atoms with Crippen LogP contribution in [-0.4, -0.2) is 114 Å². The van der Waals surface area contributed by atoms with Crippen LogP contribution >= 0.6 is 7.26 Å². The second kappa shape index (κ2) is 18.1. The van der Waals surface area contributed by atoms with E-state index in [0.717, 1.165) is 6.07 Å². The molecular formula is C31H23F35P+. The average molecular weight is 1090 g/mol. The molecule has 1 aromatic carbocycles. The van der Waals surface area contributed by atoms with E-state index < -0.39 is 165 Å². The van der Waals surface area contributed by atoms with E-state index in [0.29, 0.717) is 24.3 Å². The second-order valence-electron chi connectivity index (χ2n) is 14.3. The second-order valence-corrected chi connectivity index (χ2v) is 18.5. The van der Waals surface area contributed by atoms with Gasteiger partial charge < -0.3 is 0 Å². The van der Waals surface area contributed by atoms with Crippen LogP contribution in [0, 0.1) is 0 Å². The Labute approximate surface area is 349 Å². The Kier molecular flexibility index (Phi) is 16.8. The van der Waals surface area contributed by atoms with Crippen LogP contribution in [0.15, 0.2) is 30.3 Å². The molecule has 0 nitrogen and oxygen atoms in total. The van der Waals surface area contributed by atoms with Crippen molar-refractivity contribution in [1.82, 2.24) is 0 Å². The Morgan fingerprint density at radius 1 is 0.254 bits per heavy atom. The van der Waals surface area contributed by atoms with Gasteiger partial charge in [-0.05, 0) is 31.4 Å². The van der Waals surface area contributed by atoms with E-state index in [-0.39, 0.29) is 0 Å². The first-order chi connectivity index (χ1) is 29.0. The van der Waals surface area contributed by atoms with Gasteiger partial charge >= 0.3 is 95.5 Å². The molecule has 0 saturated carbocycles. The maximum Gasteiger partial charge on any atom is 0.460 e. The summed E-state index contributed by atoms with van der Waals surface area (Å²) in [6.45, 7) is 0. The zero-order valence-corrected chi connectivity index (χ0v) is 32.3. The summed E-state index contributed by atoms with van der Waals surface area (Å²) in [5.41, 5.74) is 0. The summed E-state index contributed by atoms with van der Waals surface area (Å²) in [5, 5.41) is -0.874. The molecule has 0 bridgehead atoms. The molecule has 0 saturated heterocycles. The molecule has 0 spiro atoms. The number of benzene rings is 1. The van der Waals surface area contributed by atoms with Gasteiger partial charge in [0, 0.05) is 26.5 Å². The Morgan fingerprint density at radius 2 is 0.448 bits per heavy atom. The van der Waals surface area contributed by atoms with Gasteiger partial charge in [-0.15, -0.1) is 0 Å². The van der Waals surface area contributed by atoms with Crippen molar-refractivity contribution < 1.29 is 154 Å². The molecular weight excluding hydrogens is 1070 g/mol. The molecule has 0 aromatic heterocycles. The minimum Gasteiger partial charge on any atom is -0.200 e. The van der Waals surface area contributed by atoms with E-state index in [2.05, 4.69) is 0 Å². The van der Waals surface area contributed by atoms with Crippen molar-refractivity contribution in [3.63, 3.8) is 0 Å². The first-order valence-corrected chi connectivity index (χ1v) is 19.4. The number of rotatable bonds is 23. The summed E-state index contributed by atoms with van der Waals surface area (Å²) >= 11 is 0. The molecule has 0 aliphatic rings. The SMILES string of the molecule is FC(F)(F)C(F)(F)C(F)(F)C(F)(F)CCC[P+](CCCC(F)(F)C(F)(F)C(F)(F)C(F)(F)F)(CCCC(F)(F)C(F)(F)C(F)(F)C(F)(F)C(F)(F)C(F)(F)C(F)(F)C(F)(F)F)c1ccccc1. The maximum absolute atomic E-state index is 14.8. The van der Waals surface area contributed by atoms with Crippen molar-refractivity contribution in [2.45, 2.75) is 134 Å². The van der Waals surface area contributed by atoms with Crippen LogP contribution < -0.4 is 5.30 Å². The van der Waals surface area contributed by atoms with Crippen LogP contribution in [0.1, 0.15) is 38.5 Å². The van der Waals surface area contributed by atoms with Crippen LogP contribution in [0.2, 0.25) is 0 Å². The van der Waals surface area contributed by atoms with Crippen LogP contribution in [-0.2, 0) is 0 Å². The topological polar surface area (TPSA) is 0 Å². The van der Waals surface area contributed by atoms with E-state index in [9.17, 15) is 154 Å². The molecule has 0 N–H and O–H groups in total. The Bertz CT molecular complexity index is 1730. The lowest BCUT2D eigenvalue weighted by Crippen LogP contribution is -2.74. The number of hydrogen-bond acceptors (Lipinski definition) is 0. The Morgan fingerprint density at radius 3 is 0.687 bits per heavy atom. The molecule has 0 unspecified atom stereocenters. The van der Waals surface area contributed by atoms with Crippen molar-refractivity contribution >= 4 is 12.6 Å². The number of alkyl halides is 35. The van der Waals surface area contributed by atoms with E-state index >= 15 is 0 Å². The molecule has 0 atom stereocenters. The van der Waals surface area contributed by atoms with Gasteiger partial charge in [0.05, 0.1) is 23.8 Å². The van der Waals surface area contributed by atoms with E-state index in [1.807, 2.05) is 0 Å². The summed E-state index contributed by atoms with van der Waals surface area (Å²) in [7, 11) is -4.87. The van der Waals surface area contributed by atoms with E-state index in [1.54, 1.807) is 0 Å². The molecule has 1 rings (SSSR count). The molecule has 36 heteroatoms. The molecule has 396 valence electrons. The highest BCUT2D eigenvalue weighted by Gasteiger charge is 2.95. The van der Waals surface area contributed by atoms with Gasteiger partial charge in [-0.3, -0.25) is 0 Å². The van der Waals surface area contributed by atoms with Crippen LogP contribution in [0.4, 0.5) is 154 Å². The Hall–Kier alpha value is -2.80. The van der Waals surface area contributed by atoms with Gasteiger partial charge in [0.15, 0.2) is 0 Å². The molecule has 67 heavy (non-hydrogen) atoms. The van der Waals surface area contributed by atoms with Crippen molar-refractivity contribution in [3.8, 4) is 0 Å². The van der Waals surface area contributed by atoms with Crippen molar-refractivity contribution in [1.29, 1.82) is 0 Å². The van der Waals surface area contributed by atoms with Gasteiger partial charge in [-0.25, -0.2) is 0 Å². The fourth-order valence-electron chi connectivity index (χ4n) is 5.76. The Balaban J connectivity index is 3.93. The van der Waals surface area contributed by atoms with Crippen LogP contribution in [0.25, 0.3) is 0 Å². The zero-order valence-electron chi connectivity index (χ0n) is 31.4. The summed E-state index contributed by atoms with van der Waals surface area (Å²) < 4.78 is 477. The van der Waals surface area contributed by atoms with Gasteiger partial charge in [0.25, 0.3) is 0 Å². The monoisotopic (exact) mass is 1090 g/mol. The first kappa shape index (κ1) is 62.2. The number of halogens is 35. The molecule has 0 heterocycles. The molecule has 0 aliphatic heterocycles. The molecule has 1 aromatic rings. The number of hydrogen-bond donors (Lipinski definition) is 0. The quantitative estimate of drug-likeness (QED) is 0.0757. The summed E-state index contributed by atoms with van der Waals surface area (Å²) in [6.07, 6.45) is -44.4. The normalized spacial score (nSPS) is 16.2. The molecule has 0 radical (unpaired) electrons. The van der Waals surface area contributed by atoms with Crippen LogP contribution in [0.3, 0.4) is 0 Å². The summed E-state index contributed by atoms with van der Waals surface area (Å²) in [5.74, 6) is -104. The minimum atomic E-state index is -9.10. The lowest BCUT2D eigenvalue weighted by atomic mass is 9.88. The van der Waals surface area contributed by atoms with Gasteiger partial charge in [0.2, 0.25) is 0 Å². The average Bonchev–Trinajstić information content (AvgIpc) is 3.12. The summed E-state index contributed by atoms with van der Waals surface area (Å²) in [6, 6.07) is 3.20. The lowest BCUT2D eigenvalue weighted by molar-refractivity contribution is -0.461. The van der Waals surface area contributed by atoms with Crippen LogP contribution in [0.5, 0.6) is 0 Å². The minimum absolute atomic E-state index is 0.503. The van der Waals surface area contributed by atoms with Gasteiger partial charge in [0.1, 0.15) is 0 Å². The van der Waals surface area contributed by atoms with Crippen molar-refractivity contribution in [2.75, 3.05) is 18.5 Å². The van der Waals surface area contributed by atoms with Crippen molar-refractivity contribution in [2.24, 2.45) is 0 Å².